The standard InChI is InChI=1S/4ClH.2O.Ti/h4*1H;;;/q;;;;2*-2;+4. The van der Waals surface area contributed by atoms with Gasteiger partial charge in [0, 0.05) is 0 Å². The molecule has 0 heterocycles. The van der Waals surface area contributed by atoms with Crippen molar-refractivity contribution in [3.63, 3.8) is 0 Å². The van der Waals surface area contributed by atoms with Gasteiger partial charge in [-0.1, -0.05) is 0 Å². The first-order chi connectivity index (χ1) is 0. The van der Waals surface area contributed by atoms with E-state index in [0.29, 0.717) is 0 Å². The van der Waals surface area contributed by atoms with Gasteiger partial charge in [-0.25, -0.2) is 0 Å². The van der Waals surface area contributed by atoms with Crippen LogP contribution in [0.5, 0.6) is 0 Å². The zero-order valence-corrected chi connectivity index (χ0v) is 7.78. The first-order valence-corrected chi connectivity index (χ1v) is 0. The van der Waals surface area contributed by atoms with Crippen LogP contribution in [0.15, 0.2) is 0 Å². The van der Waals surface area contributed by atoms with Gasteiger partial charge >= 0.3 is 21.7 Å². The number of rotatable bonds is 0. The molecule has 0 bridgehead atoms. The Labute approximate surface area is 81.9 Å². The molecule has 48 valence electrons. The van der Waals surface area contributed by atoms with E-state index in [1.54, 1.807) is 0 Å². The van der Waals surface area contributed by atoms with Gasteiger partial charge < -0.3 is 11.0 Å². The molecule has 0 aliphatic heterocycles. The minimum atomic E-state index is 0. The molecular weight excluding hydrogens is 222 g/mol. The monoisotopic (exact) mass is 224 g/mol. The summed E-state index contributed by atoms with van der Waals surface area (Å²) in [6, 6.07) is 0. The molecule has 0 atom stereocenters. The molecule has 7 heavy (non-hydrogen) atoms. The molecule has 2 nitrogen and oxygen atoms in total. The Kier molecular flexibility index (Phi) is 2650. The zero-order valence-electron chi connectivity index (χ0n) is 2.95. The maximum atomic E-state index is 0. The average molecular weight is 226 g/mol. The molecule has 0 radical (unpaired) electrons. The predicted molar refractivity (Wildman–Crippen MR) is 30.4 cm³/mol. The molecule has 0 amide bonds. The minimum absolute atomic E-state index is 0. The molecule has 7 heteroatoms. The van der Waals surface area contributed by atoms with Crippen molar-refractivity contribution in [2.24, 2.45) is 0 Å². The third kappa shape index (κ3) is 81.3. The predicted octanol–water partition coefficient (Wildman–Crippen LogP) is 1.45. The van der Waals surface area contributed by atoms with E-state index in [0.717, 1.165) is 0 Å². The molecule has 0 N–H and O–H groups in total. The third-order valence-electron chi connectivity index (χ3n) is 0. The zero-order chi connectivity index (χ0) is 0. The summed E-state index contributed by atoms with van der Waals surface area (Å²) in [4.78, 5) is 0. The fourth-order valence-corrected chi connectivity index (χ4v) is 0. The Bertz CT molecular complexity index is 9.65. The molecule has 0 aromatic rings. The van der Waals surface area contributed by atoms with E-state index < -0.39 is 0 Å². The summed E-state index contributed by atoms with van der Waals surface area (Å²) in [5.41, 5.74) is 0. The number of halogens is 4. The van der Waals surface area contributed by atoms with Crippen molar-refractivity contribution in [3.8, 4) is 0 Å². The van der Waals surface area contributed by atoms with Crippen LogP contribution in [0.25, 0.3) is 0 Å². The van der Waals surface area contributed by atoms with Crippen LogP contribution in [0.3, 0.4) is 0 Å². The summed E-state index contributed by atoms with van der Waals surface area (Å²) >= 11 is 0. The van der Waals surface area contributed by atoms with Gasteiger partial charge in [0.1, 0.15) is 0 Å². The normalized spacial score (nSPS) is 0. The van der Waals surface area contributed by atoms with Crippen LogP contribution in [0, 0.1) is 0 Å². The van der Waals surface area contributed by atoms with E-state index in [2.05, 4.69) is 0 Å². The van der Waals surface area contributed by atoms with Crippen molar-refractivity contribution in [2.75, 3.05) is 0 Å². The second kappa shape index (κ2) is 112. The average Bonchev–Trinajstić information content (AvgIpc) is 0. The van der Waals surface area contributed by atoms with Crippen LogP contribution >= 0.6 is 49.6 Å². The van der Waals surface area contributed by atoms with Gasteiger partial charge in [-0.3, -0.25) is 0 Å². The van der Waals surface area contributed by atoms with E-state index >= 15 is 0 Å². The summed E-state index contributed by atoms with van der Waals surface area (Å²) in [6.07, 6.45) is 0. The molecule has 0 aromatic heterocycles. The van der Waals surface area contributed by atoms with Gasteiger partial charge in [0.25, 0.3) is 0 Å². The third-order valence-corrected chi connectivity index (χ3v) is 0. The first-order valence-electron chi connectivity index (χ1n) is 0. The molecular formula is H4Cl4O2Ti. The summed E-state index contributed by atoms with van der Waals surface area (Å²) < 4.78 is 0. The summed E-state index contributed by atoms with van der Waals surface area (Å²) in [5.74, 6) is 0. The van der Waals surface area contributed by atoms with Crippen molar-refractivity contribution in [1.29, 1.82) is 0 Å². The van der Waals surface area contributed by atoms with Crippen molar-refractivity contribution in [2.45, 2.75) is 0 Å². The second-order valence-corrected chi connectivity index (χ2v) is 0. The van der Waals surface area contributed by atoms with Crippen molar-refractivity contribution in [1.82, 2.24) is 0 Å². The van der Waals surface area contributed by atoms with Gasteiger partial charge in [-0.2, -0.15) is 0 Å². The molecule has 0 unspecified atom stereocenters. The van der Waals surface area contributed by atoms with Crippen LogP contribution in [0.4, 0.5) is 0 Å². The number of hydrogen-bond acceptors (Lipinski definition) is 0. The summed E-state index contributed by atoms with van der Waals surface area (Å²) in [7, 11) is 0. The largest absolute Gasteiger partial charge is 4.00 e. The quantitative estimate of drug-likeness (QED) is 0.561. The first kappa shape index (κ1) is 166. The van der Waals surface area contributed by atoms with E-state index in [1.165, 1.54) is 0 Å². The molecule has 0 aliphatic carbocycles. The van der Waals surface area contributed by atoms with E-state index in [4.69, 9.17) is 0 Å². The van der Waals surface area contributed by atoms with Crippen molar-refractivity contribution >= 4 is 49.6 Å². The number of hydrogen-bond donors (Lipinski definition) is 0. The van der Waals surface area contributed by atoms with E-state index in [1.807, 2.05) is 0 Å². The van der Waals surface area contributed by atoms with Gasteiger partial charge in [-0.15, -0.1) is 49.6 Å². The maximum absolute atomic E-state index is 0. The molecule has 0 aliphatic rings. The van der Waals surface area contributed by atoms with Crippen LogP contribution in [-0.2, 0) is 32.7 Å². The van der Waals surface area contributed by atoms with E-state index in [9.17, 15) is 0 Å². The Morgan fingerprint density at radius 2 is 0.429 bits per heavy atom. The molecule has 0 rings (SSSR count). The Balaban J connectivity index is 0. The maximum Gasteiger partial charge on any atom is 4.00 e. The Hall–Kier alpha value is 1.79. The van der Waals surface area contributed by atoms with Crippen LogP contribution in [-0.4, -0.2) is 0 Å². The molecule has 0 saturated carbocycles. The van der Waals surface area contributed by atoms with Gasteiger partial charge in [-0.05, 0) is 0 Å². The fraction of sp³-hybridized carbons (Fsp3) is 0. The molecule has 0 aromatic carbocycles. The smallest absolute Gasteiger partial charge is 2.00 e. The molecule has 0 saturated heterocycles. The van der Waals surface area contributed by atoms with E-state index in [-0.39, 0.29) is 82.3 Å². The van der Waals surface area contributed by atoms with Gasteiger partial charge in [0.2, 0.25) is 0 Å². The Morgan fingerprint density at radius 1 is 0.429 bits per heavy atom. The van der Waals surface area contributed by atoms with Gasteiger partial charge in [0.05, 0.1) is 0 Å². The fourth-order valence-electron chi connectivity index (χ4n) is 0. The van der Waals surface area contributed by atoms with Gasteiger partial charge in [0.15, 0.2) is 0 Å². The Morgan fingerprint density at radius 3 is 0.429 bits per heavy atom. The van der Waals surface area contributed by atoms with Crippen molar-refractivity contribution < 1.29 is 32.7 Å². The van der Waals surface area contributed by atoms with Crippen LogP contribution in [0.1, 0.15) is 0 Å². The minimum Gasteiger partial charge on any atom is -2.00 e. The summed E-state index contributed by atoms with van der Waals surface area (Å²) in [5, 5.41) is 0. The summed E-state index contributed by atoms with van der Waals surface area (Å²) in [6.45, 7) is 0. The SMILES string of the molecule is Cl.Cl.Cl.Cl.[O-2].[O-2].[Ti+4]. The van der Waals surface area contributed by atoms with Crippen LogP contribution < -0.4 is 0 Å². The molecule has 0 fully saturated rings. The van der Waals surface area contributed by atoms with Crippen molar-refractivity contribution in [3.05, 3.63) is 0 Å². The molecule has 0 spiro atoms. The second-order valence-electron chi connectivity index (χ2n) is 0. The van der Waals surface area contributed by atoms with Crippen LogP contribution in [0.2, 0.25) is 0 Å². The topological polar surface area (TPSA) is 57.0 Å².